The van der Waals surface area contributed by atoms with Gasteiger partial charge in [0.15, 0.2) is 0 Å². The van der Waals surface area contributed by atoms with Crippen LogP contribution in [0.15, 0.2) is 29.1 Å². The van der Waals surface area contributed by atoms with Gasteiger partial charge in [0.05, 0.1) is 16.9 Å². The molecule has 1 aliphatic heterocycles. The van der Waals surface area contributed by atoms with E-state index in [4.69, 9.17) is 4.98 Å². The number of aromatic nitrogens is 2. The van der Waals surface area contributed by atoms with Gasteiger partial charge in [-0.3, -0.25) is 14.3 Å². The molecule has 1 saturated heterocycles. The summed E-state index contributed by atoms with van der Waals surface area (Å²) in [5.74, 6) is 0.896. The third-order valence-corrected chi connectivity index (χ3v) is 4.41. The molecule has 1 atom stereocenters. The molecule has 5 nitrogen and oxygen atoms in total. The first-order chi connectivity index (χ1) is 10.7. The third kappa shape index (κ3) is 2.78. The standard InChI is InChI=1S/C17H24N4O/c1-3-10-21-16(13(2)20-11-8-18-9-12-20)19-15-7-5-4-6-14(15)17(21)22/h4-7,13,18H,3,8-12H2,1-2H3/t13-/m0/s1. The van der Waals surface area contributed by atoms with Gasteiger partial charge >= 0.3 is 0 Å². The largest absolute Gasteiger partial charge is 0.314 e. The van der Waals surface area contributed by atoms with Gasteiger partial charge in [-0.05, 0) is 25.5 Å². The van der Waals surface area contributed by atoms with E-state index in [2.05, 4.69) is 24.1 Å². The first-order valence-electron chi connectivity index (χ1n) is 8.16. The Labute approximate surface area is 131 Å². The van der Waals surface area contributed by atoms with Crippen molar-refractivity contribution in [2.45, 2.75) is 32.9 Å². The van der Waals surface area contributed by atoms with E-state index in [0.29, 0.717) is 5.39 Å². The quantitative estimate of drug-likeness (QED) is 0.935. The van der Waals surface area contributed by atoms with E-state index >= 15 is 0 Å². The Hall–Kier alpha value is -1.72. The summed E-state index contributed by atoms with van der Waals surface area (Å²) in [6, 6.07) is 7.81. The molecule has 0 bridgehead atoms. The van der Waals surface area contributed by atoms with Gasteiger partial charge in [-0.2, -0.15) is 0 Å². The van der Waals surface area contributed by atoms with Crippen molar-refractivity contribution in [2.75, 3.05) is 26.2 Å². The summed E-state index contributed by atoms with van der Waals surface area (Å²) in [7, 11) is 0. The van der Waals surface area contributed by atoms with Crippen molar-refractivity contribution in [1.82, 2.24) is 19.8 Å². The van der Waals surface area contributed by atoms with E-state index in [9.17, 15) is 4.79 Å². The van der Waals surface area contributed by atoms with Gasteiger partial charge in [0.2, 0.25) is 0 Å². The van der Waals surface area contributed by atoms with Gasteiger partial charge < -0.3 is 5.32 Å². The lowest BCUT2D eigenvalue weighted by Crippen LogP contribution is -2.45. The topological polar surface area (TPSA) is 50.2 Å². The molecule has 0 amide bonds. The molecule has 1 fully saturated rings. The Morgan fingerprint density at radius 2 is 2.00 bits per heavy atom. The Kier molecular flexibility index (Phi) is 4.55. The van der Waals surface area contributed by atoms with Crippen LogP contribution in [0.2, 0.25) is 0 Å². The molecule has 0 aliphatic carbocycles. The van der Waals surface area contributed by atoms with Gasteiger partial charge in [-0.1, -0.05) is 19.1 Å². The number of fused-ring (bicyclic) bond motifs is 1. The maximum Gasteiger partial charge on any atom is 0.261 e. The lowest BCUT2D eigenvalue weighted by Gasteiger charge is -2.33. The highest BCUT2D eigenvalue weighted by Crippen LogP contribution is 2.20. The zero-order chi connectivity index (χ0) is 15.5. The number of nitrogens with one attached hydrogen (secondary N) is 1. The summed E-state index contributed by atoms with van der Waals surface area (Å²) in [6.45, 7) is 8.97. The predicted molar refractivity (Wildman–Crippen MR) is 89.2 cm³/mol. The fourth-order valence-corrected chi connectivity index (χ4v) is 3.18. The van der Waals surface area contributed by atoms with Gasteiger partial charge in [-0.25, -0.2) is 4.98 Å². The Morgan fingerprint density at radius 3 is 2.73 bits per heavy atom. The van der Waals surface area contributed by atoms with Gasteiger partial charge in [0, 0.05) is 32.7 Å². The van der Waals surface area contributed by atoms with E-state index < -0.39 is 0 Å². The summed E-state index contributed by atoms with van der Waals surface area (Å²) >= 11 is 0. The van der Waals surface area contributed by atoms with E-state index in [1.54, 1.807) is 0 Å². The van der Waals surface area contributed by atoms with Crippen LogP contribution in [0, 0.1) is 0 Å². The molecule has 118 valence electrons. The number of hydrogen-bond acceptors (Lipinski definition) is 4. The number of piperazine rings is 1. The third-order valence-electron chi connectivity index (χ3n) is 4.41. The second-order valence-corrected chi connectivity index (χ2v) is 5.91. The first kappa shape index (κ1) is 15.2. The fraction of sp³-hybridized carbons (Fsp3) is 0.529. The molecule has 2 aromatic rings. The second-order valence-electron chi connectivity index (χ2n) is 5.91. The zero-order valence-corrected chi connectivity index (χ0v) is 13.4. The maximum atomic E-state index is 12.8. The molecule has 0 saturated carbocycles. The number of nitrogens with zero attached hydrogens (tertiary/aromatic N) is 3. The molecule has 1 N–H and O–H groups in total. The van der Waals surface area contributed by atoms with Crippen LogP contribution in [0.1, 0.15) is 32.1 Å². The van der Waals surface area contributed by atoms with Crippen molar-refractivity contribution in [3.63, 3.8) is 0 Å². The molecule has 1 aromatic heterocycles. The summed E-state index contributed by atoms with van der Waals surface area (Å²) in [6.07, 6.45) is 0.932. The summed E-state index contributed by atoms with van der Waals surface area (Å²) in [5.41, 5.74) is 0.890. The summed E-state index contributed by atoms with van der Waals surface area (Å²) < 4.78 is 1.87. The van der Waals surface area contributed by atoms with Crippen molar-refractivity contribution in [1.29, 1.82) is 0 Å². The second kappa shape index (κ2) is 6.58. The van der Waals surface area contributed by atoms with E-state index in [-0.39, 0.29) is 11.6 Å². The normalized spacial score (nSPS) is 17.7. The highest BCUT2D eigenvalue weighted by Gasteiger charge is 2.23. The van der Waals surface area contributed by atoms with Crippen LogP contribution in [-0.4, -0.2) is 40.6 Å². The molecule has 0 spiro atoms. The van der Waals surface area contributed by atoms with Crippen molar-refractivity contribution in [2.24, 2.45) is 0 Å². The Bertz CT molecular complexity index is 703. The maximum absolute atomic E-state index is 12.8. The molecular formula is C17H24N4O. The van der Waals surface area contributed by atoms with Gasteiger partial charge in [-0.15, -0.1) is 0 Å². The molecule has 5 heteroatoms. The van der Waals surface area contributed by atoms with Gasteiger partial charge in [0.25, 0.3) is 5.56 Å². The fourth-order valence-electron chi connectivity index (χ4n) is 3.18. The number of hydrogen-bond donors (Lipinski definition) is 1. The highest BCUT2D eigenvalue weighted by atomic mass is 16.1. The van der Waals surface area contributed by atoms with Crippen molar-refractivity contribution < 1.29 is 0 Å². The molecule has 1 aromatic carbocycles. The average molecular weight is 300 g/mol. The number of benzene rings is 1. The number of rotatable bonds is 4. The van der Waals surface area contributed by atoms with Crippen LogP contribution < -0.4 is 10.9 Å². The van der Waals surface area contributed by atoms with Crippen LogP contribution in [0.3, 0.4) is 0 Å². The smallest absolute Gasteiger partial charge is 0.261 e. The number of para-hydroxylation sites is 1. The Balaban J connectivity index is 2.09. The van der Waals surface area contributed by atoms with Crippen LogP contribution in [-0.2, 0) is 6.54 Å². The SMILES string of the molecule is CCCn1c([C@H](C)N2CCNCC2)nc2ccccc2c1=O. The molecule has 3 rings (SSSR count). The Morgan fingerprint density at radius 1 is 1.27 bits per heavy atom. The van der Waals surface area contributed by atoms with Crippen molar-refractivity contribution >= 4 is 10.9 Å². The van der Waals surface area contributed by atoms with Crippen LogP contribution in [0.5, 0.6) is 0 Å². The van der Waals surface area contributed by atoms with Crippen molar-refractivity contribution in [3.05, 3.63) is 40.4 Å². The van der Waals surface area contributed by atoms with E-state index in [1.165, 1.54) is 0 Å². The average Bonchev–Trinajstić information content (AvgIpc) is 2.57. The lowest BCUT2D eigenvalue weighted by molar-refractivity contribution is 0.174. The molecule has 1 aliphatic rings. The minimum absolute atomic E-state index is 0.0874. The monoisotopic (exact) mass is 300 g/mol. The molecule has 0 unspecified atom stereocenters. The summed E-state index contributed by atoms with van der Waals surface area (Å²) in [4.78, 5) is 20.1. The zero-order valence-electron chi connectivity index (χ0n) is 13.4. The lowest BCUT2D eigenvalue weighted by atomic mass is 10.2. The van der Waals surface area contributed by atoms with Crippen LogP contribution >= 0.6 is 0 Å². The minimum Gasteiger partial charge on any atom is -0.314 e. The first-order valence-corrected chi connectivity index (χ1v) is 8.16. The molecule has 22 heavy (non-hydrogen) atoms. The molecule has 2 heterocycles. The van der Waals surface area contributed by atoms with E-state index in [0.717, 1.165) is 50.5 Å². The van der Waals surface area contributed by atoms with Gasteiger partial charge in [0.1, 0.15) is 5.82 Å². The molecule has 0 radical (unpaired) electrons. The predicted octanol–water partition coefficient (Wildman–Crippen LogP) is 1.77. The summed E-state index contributed by atoms with van der Waals surface area (Å²) in [5, 5.41) is 4.09. The molecular weight excluding hydrogens is 276 g/mol. The highest BCUT2D eigenvalue weighted by molar-refractivity contribution is 5.77. The van der Waals surface area contributed by atoms with Crippen LogP contribution in [0.25, 0.3) is 10.9 Å². The van der Waals surface area contributed by atoms with Crippen LogP contribution in [0.4, 0.5) is 0 Å². The van der Waals surface area contributed by atoms with Crippen molar-refractivity contribution in [3.8, 4) is 0 Å². The van der Waals surface area contributed by atoms with E-state index in [1.807, 2.05) is 28.8 Å². The minimum atomic E-state index is 0.0874.